The summed E-state index contributed by atoms with van der Waals surface area (Å²) >= 11 is 6.72. The van der Waals surface area contributed by atoms with Crippen molar-refractivity contribution in [3.8, 4) is 11.8 Å². The molecule has 0 aliphatic rings. The van der Waals surface area contributed by atoms with Crippen LogP contribution in [0, 0.1) is 11.3 Å². The molecule has 0 aromatic heterocycles. The van der Waals surface area contributed by atoms with E-state index in [0.29, 0.717) is 17.0 Å². The van der Waals surface area contributed by atoms with E-state index in [1.165, 1.54) is 0 Å². The van der Waals surface area contributed by atoms with Gasteiger partial charge in [-0.05, 0) is 58.4 Å². The topological polar surface area (TPSA) is 62.1 Å². The molecule has 21 heavy (non-hydrogen) atoms. The largest absolute Gasteiger partial charge is 0.484 e. The van der Waals surface area contributed by atoms with Crippen molar-refractivity contribution in [1.29, 1.82) is 5.26 Å². The molecular weight excluding hydrogens is 400 g/mol. The van der Waals surface area contributed by atoms with E-state index in [2.05, 4.69) is 37.2 Å². The molecule has 2 rings (SSSR count). The molecule has 0 saturated carbocycles. The SMILES string of the molecule is N#Cc1ccc(OCC(=O)Nc2ccc(Br)cc2Br)cc1. The van der Waals surface area contributed by atoms with Gasteiger partial charge in [-0.2, -0.15) is 5.26 Å². The highest BCUT2D eigenvalue weighted by Gasteiger charge is 2.07. The summed E-state index contributed by atoms with van der Waals surface area (Å²) in [6, 6.07) is 14.1. The summed E-state index contributed by atoms with van der Waals surface area (Å²) in [5, 5.41) is 11.4. The first-order chi connectivity index (χ1) is 10.1. The van der Waals surface area contributed by atoms with Gasteiger partial charge in [0, 0.05) is 8.95 Å². The Morgan fingerprint density at radius 1 is 1.19 bits per heavy atom. The lowest BCUT2D eigenvalue weighted by Gasteiger charge is -2.09. The summed E-state index contributed by atoms with van der Waals surface area (Å²) in [5.74, 6) is 0.279. The summed E-state index contributed by atoms with van der Waals surface area (Å²) in [4.78, 5) is 11.8. The van der Waals surface area contributed by atoms with Gasteiger partial charge in [-0.3, -0.25) is 4.79 Å². The number of amides is 1. The lowest BCUT2D eigenvalue weighted by Crippen LogP contribution is -2.20. The molecule has 1 amide bonds. The number of rotatable bonds is 4. The second-order valence-electron chi connectivity index (χ2n) is 4.10. The summed E-state index contributed by atoms with van der Waals surface area (Å²) in [7, 11) is 0. The van der Waals surface area contributed by atoms with Crippen molar-refractivity contribution in [2.45, 2.75) is 0 Å². The molecule has 2 aromatic carbocycles. The monoisotopic (exact) mass is 408 g/mol. The van der Waals surface area contributed by atoms with Crippen molar-refractivity contribution in [2.75, 3.05) is 11.9 Å². The molecule has 4 nitrogen and oxygen atoms in total. The Labute approximate surface area is 139 Å². The van der Waals surface area contributed by atoms with E-state index in [4.69, 9.17) is 10.00 Å². The smallest absolute Gasteiger partial charge is 0.262 e. The van der Waals surface area contributed by atoms with E-state index >= 15 is 0 Å². The molecule has 2 aromatic rings. The zero-order valence-electron chi connectivity index (χ0n) is 10.8. The molecule has 0 bridgehead atoms. The second-order valence-corrected chi connectivity index (χ2v) is 5.87. The first kappa shape index (κ1) is 15.5. The number of hydrogen-bond donors (Lipinski definition) is 1. The van der Waals surface area contributed by atoms with Crippen LogP contribution >= 0.6 is 31.9 Å². The quantitative estimate of drug-likeness (QED) is 0.826. The maximum Gasteiger partial charge on any atom is 0.262 e. The summed E-state index contributed by atoms with van der Waals surface area (Å²) in [6.45, 7) is -0.103. The Morgan fingerprint density at radius 2 is 1.90 bits per heavy atom. The summed E-state index contributed by atoms with van der Waals surface area (Å²) in [5.41, 5.74) is 1.22. The van der Waals surface area contributed by atoms with E-state index in [1.807, 2.05) is 18.2 Å². The fourth-order valence-electron chi connectivity index (χ4n) is 1.55. The van der Waals surface area contributed by atoms with Crippen LogP contribution in [0.3, 0.4) is 0 Å². The molecule has 6 heteroatoms. The Bertz CT molecular complexity index is 694. The number of nitriles is 1. The first-order valence-corrected chi connectivity index (χ1v) is 7.55. The van der Waals surface area contributed by atoms with Crippen molar-refractivity contribution in [1.82, 2.24) is 0 Å². The van der Waals surface area contributed by atoms with Crippen molar-refractivity contribution in [3.05, 3.63) is 57.0 Å². The molecule has 0 heterocycles. The predicted octanol–water partition coefficient (Wildman–Crippen LogP) is 4.10. The minimum absolute atomic E-state index is 0.103. The number of anilines is 1. The highest BCUT2D eigenvalue weighted by molar-refractivity contribution is 9.11. The van der Waals surface area contributed by atoms with E-state index < -0.39 is 0 Å². The van der Waals surface area contributed by atoms with Crippen LogP contribution in [0.5, 0.6) is 5.75 Å². The average Bonchev–Trinajstić information content (AvgIpc) is 2.48. The zero-order valence-corrected chi connectivity index (χ0v) is 13.9. The van der Waals surface area contributed by atoms with Crippen LogP contribution in [0.1, 0.15) is 5.56 Å². The summed E-state index contributed by atoms with van der Waals surface area (Å²) < 4.78 is 7.06. The predicted molar refractivity (Wildman–Crippen MR) is 87.1 cm³/mol. The Balaban J connectivity index is 1.91. The second kappa shape index (κ2) is 7.25. The number of ether oxygens (including phenoxy) is 1. The minimum atomic E-state index is -0.262. The molecule has 0 spiro atoms. The van der Waals surface area contributed by atoms with Gasteiger partial charge in [-0.25, -0.2) is 0 Å². The lowest BCUT2D eigenvalue weighted by molar-refractivity contribution is -0.118. The Kier molecular flexibility index (Phi) is 5.37. The van der Waals surface area contributed by atoms with E-state index in [1.54, 1.807) is 30.3 Å². The van der Waals surface area contributed by atoms with Crippen LogP contribution in [0.15, 0.2) is 51.4 Å². The first-order valence-electron chi connectivity index (χ1n) is 5.96. The number of nitrogens with zero attached hydrogens (tertiary/aromatic N) is 1. The van der Waals surface area contributed by atoms with Gasteiger partial charge >= 0.3 is 0 Å². The molecule has 1 N–H and O–H groups in total. The van der Waals surface area contributed by atoms with Crippen LogP contribution in [0.4, 0.5) is 5.69 Å². The normalized spacial score (nSPS) is 9.76. The fourth-order valence-corrected chi connectivity index (χ4v) is 2.70. The van der Waals surface area contributed by atoms with Gasteiger partial charge in [0.2, 0.25) is 0 Å². The number of benzene rings is 2. The molecule has 0 aliphatic heterocycles. The molecule has 0 saturated heterocycles. The Hall–Kier alpha value is -1.84. The molecule has 106 valence electrons. The third-order valence-electron chi connectivity index (χ3n) is 2.56. The Morgan fingerprint density at radius 3 is 2.52 bits per heavy atom. The molecule has 0 atom stereocenters. The maximum absolute atomic E-state index is 11.8. The minimum Gasteiger partial charge on any atom is -0.484 e. The van der Waals surface area contributed by atoms with Crippen molar-refractivity contribution < 1.29 is 9.53 Å². The number of hydrogen-bond acceptors (Lipinski definition) is 3. The van der Waals surface area contributed by atoms with Crippen LogP contribution in [-0.2, 0) is 4.79 Å². The van der Waals surface area contributed by atoms with Crippen molar-refractivity contribution in [2.24, 2.45) is 0 Å². The highest BCUT2D eigenvalue weighted by atomic mass is 79.9. The van der Waals surface area contributed by atoms with Crippen LogP contribution < -0.4 is 10.1 Å². The number of nitrogens with one attached hydrogen (secondary N) is 1. The average molecular weight is 410 g/mol. The van der Waals surface area contributed by atoms with Crippen LogP contribution in [0.25, 0.3) is 0 Å². The van der Waals surface area contributed by atoms with Crippen LogP contribution in [0.2, 0.25) is 0 Å². The fraction of sp³-hybridized carbons (Fsp3) is 0.0667. The van der Waals surface area contributed by atoms with Gasteiger partial charge in [0.25, 0.3) is 5.91 Å². The zero-order chi connectivity index (χ0) is 15.2. The lowest BCUT2D eigenvalue weighted by atomic mass is 10.2. The summed E-state index contributed by atoms with van der Waals surface area (Å²) in [6.07, 6.45) is 0. The van der Waals surface area contributed by atoms with E-state index in [9.17, 15) is 4.79 Å². The molecule has 0 fully saturated rings. The van der Waals surface area contributed by atoms with Gasteiger partial charge in [-0.15, -0.1) is 0 Å². The standard InChI is InChI=1S/C15H10Br2N2O2/c16-11-3-6-14(13(17)7-11)19-15(20)9-21-12-4-1-10(8-18)2-5-12/h1-7H,9H2,(H,19,20). The molecule has 0 radical (unpaired) electrons. The molecule has 0 aliphatic carbocycles. The van der Waals surface area contributed by atoms with E-state index in [0.717, 1.165) is 8.95 Å². The van der Waals surface area contributed by atoms with Gasteiger partial charge < -0.3 is 10.1 Å². The van der Waals surface area contributed by atoms with E-state index in [-0.39, 0.29) is 12.5 Å². The number of carbonyl (C=O) groups excluding carboxylic acids is 1. The van der Waals surface area contributed by atoms with Gasteiger partial charge in [0.05, 0.1) is 17.3 Å². The molecular formula is C15H10Br2N2O2. The maximum atomic E-state index is 11.8. The van der Waals surface area contributed by atoms with Crippen molar-refractivity contribution in [3.63, 3.8) is 0 Å². The van der Waals surface area contributed by atoms with Gasteiger partial charge in [0.15, 0.2) is 6.61 Å². The molecule has 0 unspecified atom stereocenters. The third kappa shape index (κ3) is 4.59. The van der Waals surface area contributed by atoms with Gasteiger partial charge in [-0.1, -0.05) is 15.9 Å². The highest BCUT2D eigenvalue weighted by Crippen LogP contribution is 2.26. The number of halogens is 2. The third-order valence-corrected chi connectivity index (χ3v) is 3.71. The number of carbonyl (C=O) groups is 1. The van der Waals surface area contributed by atoms with Crippen molar-refractivity contribution >= 4 is 43.5 Å². The van der Waals surface area contributed by atoms with Crippen LogP contribution in [-0.4, -0.2) is 12.5 Å². The van der Waals surface area contributed by atoms with Gasteiger partial charge in [0.1, 0.15) is 5.75 Å².